The summed E-state index contributed by atoms with van der Waals surface area (Å²) in [6.45, 7) is 1.80. The molecule has 0 aliphatic rings. The molecule has 0 radical (unpaired) electrons. The second kappa shape index (κ2) is 5.56. The summed E-state index contributed by atoms with van der Waals surface area (Å²) in [6.07, 6.45) is -0.165. The predicted octanol–water partition coefficient (Wildman–Crippen LogP) is 2.85. The molecule has 1 aromatic carbocycles. The molecule has 0 spiro atoms. The number of halogens is 2. The minimum atomic E-state index is -0.729. The van der Waals surface area contributed by atoms with Gasteiger partial charge in [-0.1, -0.05) is 12.1 Å². The van der Waals surface area contributed by atoms with E-state index in [2.05, 4.69) is 10.3 Å². The van der Waals surface area contributed by atoms with Crippen molar-refractivity contribution in [3.8, 4) is 0 Å². The van der Waals surface area contributed by atoms with Crippen molar-refractivity contribution < 1.29 is 13.6 Å². The van der Waals surface area contributed by atoms with Crippen LogP contribution in [0.2, 0.25) is 0 Å². The largest absolute Gasteiger partial charge is 0.310 e. The number of nitrogens with one attached hydrogen (secondary N) is 1. The molecule has 3 nitrogen and oxygen atoms in total. The molecule has 2 rings (SSSR count). The Bertz CT molecular complexity index is 614. The van der Waals surface area contributed by atoms with E-state index >= 15 is 0 Å². The minimum Gasteiger partial charge on any atom is -0.310 e. The van der Waals surface area contributed by atoms with Crippen LogP contribution >= 0.6 is 0 Å². The monoisotopic (exact) mass is 262 g/mol. The van der Waals surface area contributed by atoms with Crippen LogP contribution in [0.15, 0.2) is 36.4 Å². The Kier molecular flexibility index (Phi) is 3.85. The highest BCUT2D eigenvalue weighted by Crippen LogP contribution is 2.11. The van der Waals surface area contributed by atoms with Crippen LogP contribution < -0.4 is 5.32 Å². The zero-order chi connectivity index (χ0) is 13.8. The Balaban J connectivity index is 2.05. The molecule has 0 saturated heterocycles. The summed E-state index contributed by atoms with van der Waals surface area (Å²) in [4.78, 5) is 15.8. The van der Waals surface area contributed by atoms with Crippen molar-refractivity contribution in [2.45, 2.75) is 13.3 Å². The van der Waals surface area contributed by atoms with Gasteiger partial charge >= 0.3 is 0 Å². The van der Waals surface area contributed by atoms with Gasteiger partial charge in [0.1, 0.15) is 17.5 Å². The molecule has 0 bridgehead atoms. The highest BCUT2D eigenvalue weighted by Gasteiger charge is 2.09. The lowest BCUT2D eigenvalue weighted by Crippen LogP contribution is -2.16. The van der Waals surface area contributed by atoms with Crippen molar-refractivity contribution in [2.75, 3.05) is 5.32 Å². The number of nitrogens with zero attached hydrogens (tertiary/aromatic N) is 1. The van der Waals surface area contributed by atoms with Gasteiger partial charge in [-0.15, -0.1) is 0 Å². The van der Waals surface area contributed by atoms with Crippen LogP contribution in [0.1, 0.15) is 11.3 Å². The van der Waals surface area contributed by atoms with E-state index in [1.807, 2.05) is 0 Å². The maximum atomic E-state index is 13.4. The fraction of sp³-hybridized carbons (Fsp3) is 0.143. The van der Waals surface area contributed by atoms with Gasteiger partial charge in [-0.25, -0.2) is 13.8 Å². The van der Waals surface area contributed by atoms with Gasteiger partial charge in [0.15, 0.2) is 0 Å². The molecule has 1 aromatic heterocycles. The molecule has 0 unspecified atom stereocenters. The number of amides is 1. The molecule has 0 atom stereocenters. The standard InChI is InChI=1S/C14H12F2N2O/c1-9-3-2-4-13(17-9)18-14(19)7-10-5-6-11(15)8-12(10)16/h2-6,8H,7H2,1H3,(H,17,18,19). The van der Waals surface area contributed by atoms with E-state index in [9.17, 15) is 13.6 Å². The minimum absolute atomic E-state index is 0.145. The van der Waals surface area contributed by atoms with Gasteiger partial charge in [0.05, 0.1) is 6.42 Å². The summed E-state index contributed by atoms with van der Waals surface area (Å²) in [7, 11) is 0. The number of anilines is 1. The number of carbonyl (C=O) groups is 1. The molecule has 0 fully saturated rings. The van der Waals surface area contributed by atoms with E-state index in [0.717, 1.165) is 17.8 Å². The molecule has 5 heteroatoms. The Hall–Kier alpha value is -2.30. The van der Waals surface area contributed by atoms with Crippen molar-refractivity contribution in [1.82, 2.24) is 4.98 Å². The molecule has 19 heavy (non-hydrogen) atoms. The second-order valence-corrected chi connectivity index (χ2v) is 4.12. The van der Waals surface area contributed by atoms with E-state index in [1.54, 1.807) is 25.1 Å². The quantitative estimate of drug-likeness (QED) is 0.924. The third-order valence-corrected chi connectivity index (χ3v) is 2.52. The Morgan fingerprint density at radius 3 is 2.74 bits per heavy atom. The lowest BCUT2D eigenvalue weighted by molar-refractivity contribution is -0.115. The summed E-state index contributed by atoms with van der Waals surface area (Å²) < 4.78 is 26.1. The van der Waals surface area contributed by atoms with Gasteiger partial charge in [0.2, 0.25) is 5.91 Å². The lowest BCUT2D eigenvalue weighted by atomic mass is 10.1. The average Bonchev–Trinajstić information content (AvgIpc) is 2.33. The fourth-order valence-corrected chi connectivity index (χ4v) is 1.64. The number of aromatic nitrogens is 1. The molecule has 0 aliphatic heterocycles. The summed E-state index contributed by atoms with van der Waals surface area (Å²) in [5.74, 6) is -1.38. The Labute approximate surface area is 109 Å². The van der Waals surface area contributed by atoms with Crippen molar-refractivity contribution in [3.63, 3.8) is 0 Å². The zero-order valence-electron chi connectivity index (χ0n) is 10.3. The zero-order valence-corrected chi connectivity index (χ0v) is 10.3. The Morgan fingerprint density at radius 2 is 2.05 bits per heavy atom. The first-order valence-corrected chi connectivity index (χ1v) is 5.72. The summed E-state index contributed by atoms with van der Waals surface area (Å²) in [5, 5.41) is 2.56. The van der Waals surface area contributed by atoms with E-state index in [-0.39, 0.29) is 12.0 Å². The lowest BCUT2D eigenvalue weighted by Gasteiger charge is -2.06. The molecule has 0 saturated carbocycles. The number of hydrogen-bond acceptors (Lipinski definition) is 2. The average molecular weight is 262 g/mol. The SMILES string of the molecule is Cc1cccc(NC(=O)Cc2ccc(F)cc2F)n1. The van der Waals surface area contributed by atoms with Crippen LogP contribution in [0.3, 0.4) is 0 Å². The highest BCUT2D eigenvalue weighted by atomic mass is 19.1. The van der Waals surface area contributed by atoms with Crippen LogP contribution in [-0.4, -0.2) is 10.9 Å². The Morgan fingerprint density at radius 1 is 1.26 bits per heavy atom. The molecule has 98 valence electrons. The maximum Gasteiger partial charge on any atom is 0.230 e. The number of hydrogen-bond donors (Lipinski definition) is 1. The van der Waals surface area contributed by atoms with Crippen LogP contribution in [0.5, 0.6) is 0 Å². The normalized spacial score (nSPS) is 10.3. The van der Waals surface area contributed by atoms with Crippen molar-refractivity contribution in [3.05, 3.63) is 59.3 Å². The first-order valence-electron chi connectivity index (χ1n) is 5.72. The van der Waals surface area contributed by atoms with Crippen LogP contribution in [-0.2, 0) is 11.2 Å². The molecule has 2 aromatic rings. The number of aryl methyl sites for hydroxylation is 1. The molecule has 0 aliphatic carbocycles. The van der Waals surface area contributed by atoms with Gasteiger partial charge in [0.25, 0.3) is 0 Å². The van der Waals surface area contributed by atoms with Crippen molar-refractivity contribution in [2.24, 2.45) is 0 Å². The first kappa shape index (κ1) is 13.1. The first-order chi connectivity index (χ1) is 9.04. The van der Waals surface area contributed by atoms with E-state index in [0.29, 0.717) is 5.82 Å². The number of rotatable bonds is 3. The van der Waals surface area contributed by atoms with Crippen molar-refractivity contribution in [1.29, 1.82) is 0 Å². The third-order valence-electron chi connectivity index (χ3n) is 2.52. The highest BCUT2D eigenvalue weighted by molar-refractivity contribution is 5.91. The fourth-order valence-electron chi connectivity index (χ4n) is 1.64. The van der Waals surface area contributed by atoms with Gasteiger partial charge in [-0.2, -0.15) is 0 Å². The molecular weight excluding hydrogens is 250 g/mol. The van der Waals surface area contributed by atoms with E-state index < -0.39 is 17.5 Å². The number of pyridine rings is 1. The molecule has 1 N–H and O–H groups in total. The van der Waals surface area contributed by atoms with Crippen LogP contribution in [0, 0.1) is 18.6 Å². The number of benzene rings is 1. The third kappa shape index (κ3) is 3.58. The van der Waals surface area contributed by atoms with Gasteiger partial charge in [-0.05, 0) is 30.7 Å². The summed E-state index contributed by atoms with van der Waals surface area (Å²) in [5.41, 5.74) is 0.914. The van der Waals surface area contributed by atoms with Gasteiger partial charge in [0, 0.05) is 11.8 Å². The van der Waals surface area contributed by atoms with E-state index in [4.69, 9.17) is 0 Å². The van der Waals surface area contributed by atoms with Gasteiger partial charge < -0.3 is 5.32 Å². The van der Waals surface area contributed by atoms with Crippen molar-refractivity contribution >= 4 is 11.7 Å². The topological polar surface area (TPSA) is 42.0 Å². The smallest absolute Gasteiger partial charge is 0.230 e. The van der Waals surface area contributed by atoms with Crippen LogP contribution in [0.25, 0.3) is 0 Å². The summed E-state index contributed by atoms with van der Waals surface area (Å²) >= 11 is 0. The van der Waals surface area contributed by atoms with Gasteiger partial charge in [-0.3, -0.25) is 4.79 Å². The molecule has 1 amide bonds. The number of carbonyl (C=O) groups excluding carboxylic acids is 1. The molecule has 1 heterocycles. The molecular formula is C14H12F2N2O. The maximum absolute atomic E-state index is 13.4. The van der Waals surface area contributed by atoms with Crippen LogP contribution in [0.4, 0.5) is 14.6 Å². The predicted molar refractivity (Wildman–Crippen MR) is 67.7 cm³/mol. The summed E-state index contributed by atoms with van der Waals surface area (Å²) in [6, 6.07) is 8.34. The van der Waals surface area contributed by atoms with E-state index in [1.165, 1.54) is 6.07 Å². The second-order valence-electron chi connectivity index (χ2n) is 4.12.